The average Bonchev–Trinajstić information content (AvgIpc) is 2.93. The molecule has 1 unspecified atom stereocenters. The first-order chi connectivity index (χ1) is 12.5. The summed E-state index contributed by atoms with van der Waals surface area (Å²) >= 11 is 0. The number of non-ortho nitro benzene ring substituents is 1. The number of aromatic nitrogens is 1. The second-order valence-electron chi connectivity index (χ2n) is 6.17. The quantitative estimate of drug-likeness (QED) is 0.464. The molecule has 0 aliphatic rings. The van der Waals surface area contributed by atoms with Crippen molar-refractivity contribution in [2.45, 2.75) is 51.6 Å². The van der Waals surface area contributed by atoms with Gasteiger partial charge in [-0.25, -0.2) is 4.79 Å². The van der Waals surface area contributed by atoms with Gasteiger partial charge in [-0.05, 0) is 18.9 Å². The first-order valence-electron chi connectivity index (χ1n) is 8.73. The summed E-state index contributed by atoms with van der Waals surface area (Å²) in [6.07, 6.45) is 3.60. The molecule has 0 saturated heterocycles. The fraction of sp³-hybridized carbons (Fsp3) is 0.529. The first-order valence-corrected chi connectivity index (χ1v) is 8.73. The zero-order chi connectivity index (χ0) is 19.1. The van der Waals surface area contributed by atoms with Crippen LogP contribution in [0, 0.1) is 10.1 Å². The van der Waals surface area contributed by atoms with Crippen molar-refractivity contribution < 1.29 is 14.1 Å². The Morgan fingerprint density at radius 2 is 2.15 bits per heavy atom. The van der Waals surface area contributed by atoms with Crippen molar-refractivity contribution >= 4 is 35.1 Å². The first kappa shape index (κ1) is 22.7. The van der Waals surface area contributed by atoms with E-state index in [0.29, 0.717) is 25.0 Å². The number of nitrogens with zero attached hydrogens (tertiary/aromatic N) is 2. The fourth-order valence-corrected chi connectivity index (χ4v) is 2.78. The summed E-state index contributed by atoms with van der Waals surface area (Å²) in [6.45, 7) is 2.77. The van der Waals surface area contributed by atoms with Crippen molar-refractivity contribution in [1.82, 2.24) is 9.88 Å². The molecule has 27 heavy (non-hydrogen) atoms. The lowest BCUT2D eigenvalue weighted by atomic mass is 10.1. The van der Waals surface area contributed by atoms with Crippen LogP contribution in [0.2, 0.25) is 0 Å². The van der Waals surface area contributed by atoms with E-state index in [1.165, 1.54) is 22.8 Å². The van der Waals surface area contributed by atoms with Gasteiger partial charge in [0.05, 0.1) is 16.5 Å². The Hall–Kier alpha value is -2.39. The van der Waals surface area contributed by atoms with Gasteiger partial charge in [0.1, 0.15) is 0 Å². The molecule has 1 amide bonds. The summed E-state index contributed by atoms with van der Waals surface area (Å²) in [6, 6.07) is 3.99. The van der Waals surface area contributed by atoms with Gasteiger partial charge in [-0.1, -0.05) is 19.8 Å². The zero-order valence-corrected chi connectivity index (χ0v) is 16.0. The molecular formula is C17H25ClN4O5. The van der Waals surface area contributed by atoms with Gasteiger partial charge in [-0.3, -0.25) is 19.5 Å². The maximum absolute atomic E-state index is 12.0. The maximum atomic E-state index is 12.0. The Kier molecular flexibility index (Phi) is 8.96. The molecule has 0 radical (unpaired) electrons. The number of amides is 1. The molecule has 0 fully saturated rings. The van der Waals surface area contributed by atoms with Gasteiger partial charge < -0.3 is 15.5 Å². The van der Waals surface area contributed by atoms with Gasteiger partial charge >= 0.3 is 5.76 Å². The third-order valence-electron chi connectivity index (χ3n) is 4.20. The molecule has 9 nitrogen and oxygen atoms in total. The molecule has 1 atom stereocenters. The van der Waals surface area contributed by atoms with E-state index in [0.717, 1.165) is 19.3 Å². The van der Waals surface area contributed by atoms with Gasteiger partial charge in [0.15, 0.2) is 5.58 Å². The molecule has 1 heterocycles. The summed E-state index contributed by atoms with van der Waals surface area (Å²) in [5.74, 6) is -0.697. The van der Waals surface area contributed by atoms with Crippen LogP contribution < -0.4 is 16.8 Å². The number of fused-ring (bicyclic) bond motifs is 1. The highest BCUT2D eigenvalue weighted by atomic mass is 35.5. The van der Waals surface area contributed by atoms with E-state index in [9.17, 15) is 19.7 Å². The number of unbranched alkanes of at least 4 members (excludes halogenated alkanes) is 1. The molecular weight excluding hydrogens is 376 g/mol. The number of benzene rings is 1. The molecule has 0 aliphatic carbocycles. The molecule has 10 heteroatoms. The SMILES string of the molecule is CCCCC(CN)NC(=O)CCCn1c(=O)oc2cc([N+](=O)[O-])ccc21.Cl. The number of hydrogen-bond donors (Lipinski definition) is 2. The van der Waals surface area contributed by atoms with Crippen LogP contribution in [0.5, 0.6) is 0 Å². The molecule has 150 valence electrons. The number of halogens is 1. The lowest BCUT2D eigenvalue weighted by Crippen LogP contribution is -2.40. The number of nitro groups is 1. The Labute approximate surface area is 162 Å². The molecule has 2 rings (SSSR count). The van der Waals surface area contributed by atoms with Crippen molar-refractivity contribution in [2.75, 3.05) is 6.54 Å². The molecule has 2 aromatic rings. The standard InChI is InChI=1S/C17H24N4O5.ClH/c1-2-3-5-12(11-18)19-16(22)6-4-9-20-14-8-7-13(21(24)25)10-15(14)26-17(20)23;/h7-8,10,12H,2-6,9,11,18H2,1H3,(H,19,22);1H. The number of nitrogens with two attached hydrogens (primary N) is 1. The summed E-state index contributed by atoms with van der Waals surface area (Å²) in [4.78, 5) is 34.2. The van der Waals surface area contributed by atoms with Crippen LogP contribution in [-0.2, 0) is 11.3 Å². The molecule has 1 aromatic heterocycles. The molecule has 0 spiro atoms. The van der Waals surface area contributed by atoms with Crippen molar-refractivity contribution in [3.8, 4) is 0 Å². The maximum Gasteiger partial charge on any atom is 0.419 e. The number of carbonyl (C=O) groups excluding carboxylic acids is 1. The summed E-state index contributed by atoms with van der Waals surface area (Å²) in [7, 11) is 0. The topological polar surface area (TPSA) is 133 Å². The van der Waals surface area contributed by atoms with Crippen molar-refractivity contribution in [1.29, 1.82) is 0 Å². The van der Waals surface area contributed by atoms with Gasteiger partial charge in [0, 0.05) is 31.6 Å². The Morgan fingerprint density at radius 1 is 1.41 bits per heavy atom. The predicted molar refractivity (Wildman–Crippen MR) is 104 cm³/mol. The van der Waals surface area contributed by atoms with E-state index in [-0.39, 0.29) is 42.0 Å². The summed E-state index contributed by atoms with van der Waals surface area (Å²) in [5, 5.41) is 13.7. The van der Waals surface area contributed by atoms with E-state index in [4.69, 9.17) is 10.2 Å². The molecule has 3 N–H and O–H groups in total. The van der Waals surface area contributed by atoms with Crippen molar-refractivity contribution in [2.24, 2.45) is 5.73 Å². The van der Waals surface area contributed by atoms with Crippen molar-refractivity contribution in [3.05, 3.63) is 38.9 Å². The van der Waals surface area contributed by atoms with E-state index in [1.807, 2.05) is 0 Å². The zero-order valence-electron chi connectivity index (χ0n) is 15.2. The van der Waals surface area contributed by atoms with Crippen LogP contribution >= 0.6 is 12.4 Å². The highest BCUT2D eigenvalue weighted by molar-refractivity contribution is 5.85. The van der Waals surface area contributed by atoms with E-state index < -0.39 is 10.7 Å². The lowest BCUT2D eigenvalue weighted by molar-refractivity contribution is -0.384. The molecule has 0 aliphatic heterocycles. The minimum atomic E-state index is -0.594. The normalized spacial score (nSPS) is 11.8. The van der Waals surface area contributed by atoms with Crippen LogP contribution in [0.1, 0.15) is 39.0 Å². The smallest absolute Gasteiger partial charge is 0.407 e. The third kappa shape index (κ3) is 6.07. The van der Waals surface area contributed by atoms with Gasteiger partial charge in [-0.2, -0.15) is 0 Å². The minimum absolute atomic E-state index is 0. The summed E-state index contributed by atoms with van der Waals surface area (Å²) < 4.78 is 6.44. The summed E-state index contributed by atoms with van der Waals surface area (Å²) in [5.41, 5.74) is 6.16. The minimum Gasteiger partial charge on any atom is -0.407 e. The predicted octanol–water partition coefficient (Wildman–Crippen LogP) is 2.34. The molecule has 1 aromatic carbocycles. The Balaban J connectivity index is 0.00000364. The Bertz CT molecular complexity index is 832. The van der Waals surface area contributed by atoms with Crippen molar-refractivity contribution in [3.63, 3.8) is 0 Å². The second kappa shape index (κ2) is 10.7. The van der Waals surface area contributed by atoms with Crippen LogP contribution in [-0.4, -0.2) is 28.0 Å². The Morgan fingerprint density at radius 3 is 2.78 bits per heavy atom. The number of rotatable bonds is 10. The highest BCUT2D eigenvalue weighted by Gasteiger charge is 2.15. The average molecular weight is 401 g/mol. The van der Waals surface area contributed by atoms with Gasteiger partial charge in [-0.15, -0.1) is 12.4 Å². The third-order valence-corrected chi connectivity index (χ3v) is 4.20. The number of carbonyl (C=O) groups is 1. The van der Waals surface area contributed by atoms with Gasteiger partial charge in [0.25, 0.3) is 5.69 Å². The van der Waals surface area contributed by atoms with Crippen LogP contribution in [0.3, 0.4) is 0 Å². The number of nitro benzene ring substituents is 1. The molecule has 0 saturated carbocycles. The van der Waals surface area contributed by atoms with Crippen LogP contribution in [0.4, 0.5) is 5.69 Å². The lowest BCUT2D eigenvalue weighted by Gasteiger charge is -2.16. The van der Waals surface area contributed by atoms with Crippen LogP contribution in [0.15, 0.2) is 27.4 Å². The fourth-order valence-electron chi connectivity index (χ4n) is 2.78. The van der Waals surface area contributed by atoms with E-state index in [2.05, 4.69) is 12.2 Å². The second-order valence-corrected chi connectivity index (χ2v) is 6.17. The highest BCUT2D eigenvalue weighted by Crippen LogP contribution is 2.20. The number of aryl methyl sites for hydroxylation is 1. The number of oxazole rings is 1. The number of hydrogen-bond acceptors (Lipinski definition) is 6. The monoisotopic (exact) mass is 400 g/mol. The molecule has 0 bridgehead atoms. The number of nitrogens with one attached hydrogen (secondary N) is 1. The van der Waals surface area contributed by atoms with E-state index in [1.54, 1.807) is 0 Å². The van der Waals surface area contributed by atoms with Gasteiger partial charge in [0.2, 0.25) is 5.91 Å². The largest absolute Gasteiger partial charge is 0.419 e. The van der Waals surface area contributed by atoms with Crippen LogP contribution in [0.25, 0.3) is 11.1 Å². The van der Waals surface area contributed by atoms with E-state index >= 15 is 0 Å².